The number of thioether (sulfide) groups is 1. The van der Waals surface area contributed by atoms with Gasteiger partial charge in [0.05, 0.1) is 7.11 Å². The second-order valence-corrected chi connectivity index (χ2v) is 4.92. The van der Waals surface area contributed by atoms with Crippen LogP contribution in [0.25, 0.3) is 0 Å². The lowest BCUT2D eigenvalue weighted by Gasteiger charge is -2.11. The molecule has 0 aliphatic heterocycles. The van der Waals surface area contributed by atoms with Gasteiger partial charge in [0.15, 0.2) is 11.0 Å². The Morgan fingerprint density at radius 1 is 1.39 bits per heavy atom. The van der Waals surface area contributed by atoms with Crippen LogP contribution in [0.5, 0.6) is 0 Å². The van der Waals surface area contributed by atoms with E-state index in [4.69, 9.17) is 0 Å². The number of methoxy groups -OCH3 is 1. The van der Waals surface area contributed by atoms with E-state index in [2.05, 4.69) is 4.74 Å². The summed E-state index contributed by atoms with van der Waals surface area (Å²) in [4.78, 5) is 34.2. The average molecular weight is 266 g/mol. The van der Waals surface area contributed by atoms with Crippen molar-refractivity contribution < 1.29 is 19.1 Å². The number of aryl methyl sites for hydroxylation is 1. The zero-order valence-corrected chi connectivity index (χ0v) is 11.2. The van der Waals surface area contributed by atoms with Crippen LogP contribution in [0, 0.1) is 6.92 Å². The molecule has 0 radical (unpaired) electrons. The molecule has 0 aliphatic rings. The topological polar surface area (TPSA) is 60.4 Å². The van der Waals surface area contributed by atoms with Crippen molar-refractivity contribution >= 4 is 29.8 Å². The van der Waals surface area contributed by atoms with Crippen LogP contribution in [0.3, 0.4) is 0 Å². The molecule has 0 heterocycles. The number of carbonyl (C=O) groups is 3. The van der Waals surface area contributed by atoms with Crippen molar-refractivity contribution in [1.82, 2.24) is 0 Å². The van der Waals surface area contributed by atoms with Crippen LogP contribution in [0.15, 0.2) is 23.1 Å². The number of rotatable bonds is 5. The van der Waals surface area contributed by atoms with Crippen molar-refractivity contribution in [2.45, 2.75) is 24.0 Å². The number of ketones is 1. The van der Waals surface area contributed by atoms with Gasteiger partial charge in [-0.1, -0.05) is 12.1 Å². The van der Waals surface area contributed by atoms with Crippen molar-refractivity contribution in [3.63, 3.8) is 0 Å². The molecule has 0 amide bonds. The van der Waals surface area contributed by atoms with E-state index in [0.29, 0.717) is 11.8 Å². The predicted molar refractivity (Wildman–Crippen MR) is 68.9 cm³/mol. The van der Waals surface area contributed by atoms with E-state index in [9.17, 15) is 14.4 Å². The maximum atomic E-state index is 11.3. The zero-order valence-electron chi connectivity index (χ0n) is 10.4. The van der Waals surface area contributed by atoms with Crippen LogP contribution in [-0.2, 0) is 14.3 Å². The first-order valence-electron chi connectivity index (χ1n) is 5.31. The molecule has 96 valence electrons. The van der Waals surface area contributed by atoms with Gasteiger partial charge in [-0.3, -0.25) is 9.59 Å². The fourth-order valence-electron chi connectivity index (χ4n) is 1.33. The second kappa shape index (κ2) is 6.35. The first-order valence-corrected chi connectivity index (χ1v) is 6.19. The monoisotopic (exact) mass is 266 g/mol. The highest BCUT2D eigenvalue weighted by molar-refractivity contribution is 8.01. The van der Waals surface area contributed by atoms with Gasteiger partial charge in [0, 0.05) is 10.5 Å². The van der Waals surface area contributed by atoms with Crippen molar-refractivity contribution in [2.75, 3.05) is 7.11 Å². The number of carbonyl (C=O) groups excluding carboxylic acids is 3. The third kappa shape index (κ3) is 3.43. The summed E-state index contributed by atoms with van der Waals surface area (Å²) >= 11 is 1.08. The number of hydrogen-bond donors (Lipinski definition) is 0. The van der Waals surface area contributed by atoms with Gasteiger partial charge in [0.25, 0.3) is 0 Å². The summed E-state index contributed by atoms with van der Waals surface area (Å²) in [6.07, 6.45) is 0.538. The zero-order chi connectivity index (χ0) is 13.7. The minimum atomic E-state index is -0.907. The molecule has 18 heavy (non-hydrogen) atoms. The molecule has 1 atom stereocenters. The van der Waals surface area contributed by atoms with E-state index in [1.165, 1.54) is 14.0 Å². The fraction of sp³-hybridized carbons (Fsp3) is 0.308. The summed E-state index contributed by atoms with van der Waals surface area (Å²) in [5.74, 6) is -0.653. The molecule has 0 aliphatic carbocycles. The normalized spacial score (nSPS) is 11.7. The molecule has 0 fully saturated rings. The summed E-state index contributed by atoms with van der Waals surface area (Å²) < 4.78 is 4.54. The number of hydrogen-bond acceptors (Lipinski definition) is 5. The summed E-state index contributed by atoms with van der Waals surface area (Å²) in [6.45, 7) is 3.32. The Kier molecular flexibility index (Phi) is 5.09. The van der Waals surface area contributed by atoms with E-state index >= 15 is 0 Å². The lowest BCUT2D eigenvalue weighted by atomic mass is 10.1. The molecule has 4 nitrogen and oxygen atoms in total. The van der Waals surface area contributed by atoms with Gasteiger partial charge >= 0.3 is 5.97 Å². The van der Waals surface area contributed by atoms with E-state index in [0.717, 1.165) is 22.2 Å². The Balaban J connectivity index is 3.01. The molecule has 1 aromatic rings. The Morgan fingerprint density at radius 2 is 2.06 bits per heavy atom. The lowest BCUT2D eigenvalue weighted by molar-refractivity contribution is -0.140. The summed E-state index contributed by atoms with van der Waals surface area (Å²) in [6, 6.07) is 5.19. The lowest BCUT2D eigenvalue weighted by Crippen LogP contribution is -2.20. The van der Waals surface area contributed by atoms with Gasteiger partial charge in [-0.25, -0.2) is 0 Å². The standard InChI is InChI=1S/C13H14O4S/c1-8-4-5-10(9(2)15)6-11(8)18-12(7-14)13(16)17-3/h4-7,12H,1-3H3. The van der Waals surface area contributed by atoms with Crippen LogP contribution in [0.4, 0.5) is 0 Å². The number of benzene rings is 1. The van der Waals surface area contributed by atoms with Crippen molar-refractivity contribution in [3.8, 4) is 0 Å². The Bertz CT molecular complexity index is 482. The van der Waals surface area contributed by atoms with Gasteiger partial charge < -0.3 is 9.53 Å². The molecule has 1 rings (SSSR count). The highest BCUT2D eigenvalue weighted by Crippen LogP contribution is 2.27. The minimum absolute atomic E-state index is 0.0578. The molecule has 0 spiro atoms. The molecular weight excluding hydrogens is 252 g/mol. The highest BCUT2D eigenvalue weighted by Gasteiger charge is 2.20. The largest absolute Gasteiger partial charge is 0.468 e. The van der Waals surface area contributed by atoms with Gasteiger partial charge in [0.1, 0.15) is 6.29 Å². The SMILES string of the molecule is COC(=O)C(C=O)Sc1cc(C(C)=O)ccc1C. The van der Waals surface area contributed by atoms with E-state index in [1.807, 2.05) is 6.92 Å². The third-order valence-corrected chi connectivity index (χ3v) is 3.66. The van der Waals surface area contributed by atoms with Crippen LogP contribution in [0.1, 0.15) is 22.8 Å². The summed E-state index contributed by atoms with van der Waals surface area (Å²) in [5.41, 5.74) is 1.46. The van der Waals surface area contributed by atoms with Crippen LogP contribution < -0.4 is 0 Å². The van der Waals surface area contributed by atoms with Crippen LogP contribution in [0.2, 0.25) is 0 Å². The van der Waals surface area contributed by atoms with E-state index in [1.54, 1.807) is 18.2 Å². The molecule has 0 saturated heterocycles. The molecule has 0 bridgehead atoms. The maximum absolute atomic E-state index is 11.3. The number of ether oxygens (including phenoxy) is 1. The van der Waals surface area contributed by atoms with Crippen LogP contribution >= 0.6 is 11.8 Å². The summed E-state index contributed by atoms with van der Waals surface area (Å²) in [5, 5.41) is -0.907. The summed E-state index contributed by atoms with van der Waals surface area (Å²) in [7, 11) is 1.23. The van der Waals surface area contributed by atoms with Gasteiger partial charge in [-0.05, 0) is 25.5 Å². The molecular formula is C13H14O4S. The highest BCUT2D eigenvalue weighted by atomic mass is 32.2. The minimum Gasteiger partial charge on any atom is -0.468 e. The predicted octanol–water partition coefficient (Wildman–Crippen LogP) is 2.03. The fourth-order valence-corrected chi connectivity index (χ4v) is 2.30. The Labute approximate surface area is 110 Å². The van der Waals surface area contributed by atoms with Gasteiger partial charge in [-0.2, -0.15) is 0 Å². The molecule has 1 unspecified atom stereocenters. The Morgan fingerprint density at radius 3 is 2.56 bits per heavy atom. The Hall–Kier alpha value is -1.62. The second-order valence-electron chi connectivity index (χ2n) is 3.73. The number of esters is 1. The smallest absolute Gasteiger partial charge is 0.326 e. The van der Waals surface area contributed by atoms with Crippen molar-refractivity contribution in [1.29, 1.82) is 0 Å². The van der Waals surface area contributed by atoms with Crippen molar-refractivity contribution in [2.24, 2.45) is 0 Å². The molecule has 0 aromatic heterocycles. The maximum Gasteiger partial charge on any atom is 0.326 e. The number of Topliss-reactive ketones (excluding diaryl/α,β-unsaturated/α-hetero) is 1. The van der Waals surface area contributed by atoms with Crippen molar-refractivity contribution in [3.05, 3.63) is 29.3 Å². The van der Waals surface area contributed by atoms with E-state index < -0.39 is 11.2 Å². The van der Waals surface area contributed by atoms with E-state index in [-0.39, 0.29) is 5.78 Å². The average Bonchev–Trinajstić information content (AvgIpc) is 2.36. The molecule has 5 heteroatoms. The number of aldehydes is 1. The third-order valence-electron chi connectivity index (χ3n) is 2.41. The van der Waals surface area contributed by atoms with Gasteiger partial charge in [-0.15, -0.1) is 11.8 Å². The molecule has 0 N–H and O–H groups in total. The molecule has 1 aromatic carbocycles. The molecule has 0 saturated carbocycles. The van der Waals surface area contributed by atoms with Gasteiger partial charge in [0.2, 0.25) is 0 Å². The first-order chi connectivity index (χ1) is 8.49. The quantitative estimate of drug-likeness (QED) is 0.268. The van der Waals surface area contributed by atoms with Crippen LogP contribution in [-0.4, -0.2) is 30.4 Å². The first kappa shape index (κ1) is 14.4.